The van der Waals surface area contributed by atoms with Gasteiger partial charge < -0.3 is 25.8 Å². The van der Waals surface area contributed by atoms with Crippen molar-refractivity contribution in [2.45, 2.75) is 56.8 Å². The fourth-order valence-corrected chi connectivity index (χ4v) is 7.97. The number of piperazine rings is 1. The molecule has 1 aromatic heterocycles. The number of halogens is 4. The summed E-state index contributed by atoms with van der Waals surface area (Å²) in [6.07, 6.45) is -2.02. The number of rotatable bonds is 7. The van der Waals surface area contributed by atoms with Crippen LogP contribution >= 0.6 is 15.9 Å². The van der Waals surface area contributed by atoms with Crippen molar-refractivity contribution in [1.82, 2.24) is 29.6 Å². The van der Waals surface area contributed by atoms with Gasteiger partial charge in [-0.3, -0.25) is 19.1 Å². The number of nitrogens with one attached hydrogen (secondary N) is 2. The number of hydrogen-bond donors (Lipinski definition) is 3. The van der Waals surface area contributed by atoms with Gasteiger partial charge in [0.05, 0.1) is 28.2 Å². The van der Waals surface area contributed by atoms with Crippen LogP contribution in [0.2, 0.25) is 0 Å². The monoisotopic (exact) mass is 719 g/mol. The SMILES string of the molecule is Nc1c(Br)cc(C[C@@H](CC(=O)N2CCC(n3c(=O)[nH]c4ccccc43)CC2)C(=O)N2CCC(N3CCNCC3)CC2)cc1C(F)(F)F. The van der Waals surface area contributed by atoms with Crippen molar-refractivity contribution in [2.75, 3.05) is 58.1 Å². The van der Waals surface area contributed by atoms with Crippen LogP contribution in [0.15, 0.2) is 45.7 Å². The number of aromatic amines is 1. The van der Waals surface area contributed by atoms with E-state index in [1.54, 1.807) is 14.4 Å². The Balaban J connectivity index is 1.16. The molecular formula is C33H41BrF3N7O3. The third kappa shape index (κ3) is 7.39. The molecule has 2 aromatic carbocycles. The maximum atomic E-state index is 14.0. The second-order valence-corrected chi connectivity index (χ2v) is 13.8. The quantitative estimate of drug-likeness (QED) is 0.318. The lowest BCUT2D eigenvalue weighted by molar-refractivity contribution is -0.143. The van der Waals surface area contributed by atoms with Gasteiger partial charge in [-0.25, -0.2) is 4.79 Å². The van der Waals surface area contributed by atoms with Gasteiger partial charge >= 0.3 is 11.9 Å². The molecule has 0 bridgehead atoms. The standard InChI is InChI=1S/C33H41BrF3N7O3/c34-26-19-21(18-25(30(26)38)33(35,36)37)17-22(31(46)43-13-5-23(6-14-43)41-15-9-39-10-16-41)20-29(45)42-11-7-24(8-12-42)44-28-4-2-1-3-27(28)40-32(44)47/h1-4,18-19,22-24,39H,5-17,20,38H2,(H,40,47)/t22-/m0/s1. The van der Waals surface area contributed by atoms with Crippen LogP contribution in [0.4, 0.5) is 18.9 Å². The van der Waals surface area contributed by atoms with Gasteiger partial charge in [0.15, 0.2) is 0 Å². The number of nitrogen functional groups attached to an aromatic ring is 1. The summed E-state index contributed by atoms with van der Waals surface area (Å²) in [5.74, 6) is -1.25. The first-order chi connectivity index (χ1) is 22.5. The molecule has 4 heterocycles. The number of fused-ring (bicyclic) bond motifs is 1. The summed E-state index contributed by atoms with van der Waals surface area (Å²) in [5, 5.41) is 3.36. The van der Waals surface area contributed by atoms with Gasteiger partial charge in [0.25, 0.3) is 0 Å². The Labute approximate surface area is 279 Å². The number of piperidine rings is 2. The Kier molecular flexibility index (Phi) is 10.00. The number of hydrogen-bond acceptors (Lipinski definition) is 6. The highest BCUT2D eigenvalue weighted by Gasteiger charge is 2.37. The number of aromatic nitrogens is 2. The van der Waals surface area contributed by atoms with E-state index in [1.165, 1.54) is 6.07 Å². The van der Waals surface area contributed by atoms with Gasteiger partial charge in [-0.1, -0.05) is 12.1 Å². The van der Waals surface area contributed by atoms with Gasteiger partial charge in [0.2, 0.25) is 11.8 Å². The van der Waals surface area contributed by atoms with E-state index in [-0.39, 0.29) is 46.4 Å². The first kappa shape index (κ1) is 33.5. The fraction of sp³-hybridized carbons (Fsp3) is 0.545. The normalized spacial score (nSPS) is 19.7. The summed E-state index contributed by atoms with van der Waals surface area (Å²) in [4.78, 5) is 49.3. The zero-order chi connectivity index (χ0) is 33.3. The third-order valence-corrected chi connectivity index (χ3v) is 10.7. The number of likely N-dealkylation sites (tertiary alicyclic amines) is 2. The van der Waals surface area contributed by atoms with E-state index in [1.807, 2.05) is 24.3 Å². The number of anilines is 1. The molecule has 1 atom stereocenters. The van der Waals surface area contributed by atoms with E-state index in [0.29, 0.717) is 45.1 Å². The average molecular weight is 721 g/mol. The average Bonchev–Trinajstić information content (AvgIpc) is 3.41. The predicted octanol–water partition coefficient (Wildman–Crippen LogP) is 4.00. The van der Waals surface area contributed by atoms with E-state index < -0.39 is 23.3 Å². The van der Waals surface area contributed by atoms with E-state index in [2.05, 4.69) is 31.1 Å². The van der Waals surface area contributed by atoms with Crippen molar-refractivity contribution in [2.24, 2.45) is 5.92 Å². The minimum atomic E-state index is -4.67. The van der Waals surface area contributed by atoms with E-state index in [4.69, 9.17) is 5.73 Å². The molecule has 254 valence electrons. The number of carbonyl (C=O) groups excluding carboxylic acids is 2. The third-order valence-electron chi connectivity index (χ3n) is 10.00. The molecule has 3 aliphatic rings. The van der Waals surface area contributed by atoms with E-state index in [0.717, 1.165) is 56.1 Å². The predicted molar refractivity (Wildman–Crippen MR) is 177 cm³/mol. The van der Waals surface area contributed by atoms with Crippen LogP contribution in [-0.2, 0) is 22.2 Å². The first-order valence-electron chi connectivity index (χ1n) is 16.3. The molecule has 3 aromatic rings. The topological polar surface area (TPSA) is 120 Å². The Morgan fingerprint density at radius 3 is 2.26 bits per heavy atom. The summed E-state index contributed by atoms with van der Waals surface area (Å²) in [6, 6.07) is 10.3. The number of benzene rings is 2. The fourth-order valence-electron chi connectivity index (χ4n) is 7.46. The molecule has 2 amide bonds. The van der Waals surface area contributed by atoms with Gasteiger partial charge in [0, 0.05) is 75.3 Å². The lowest BCUT2D eigenvalue weighted by atomic mass is 9.91. The Morgan fingerprint density at radius 2 is 1.57 bits per heavy atom. The first-order valence-corrected chi connectivity index (χ1v) is 17.1. The van der Waals surface area contributed by atoms with Crippen LogP contribution < -0.4 is 16.7 Å². The van der Waals surface area contributed by atoms with E-state index in [9.17, 15) is 27.6 Å². The molecule has 0 radical (unpaired) electrons. The summed E-state index contributed by atoms with van der Waals surface area (Å²) < 4.78 is 43.3. The largest absolute Gasteiger partial charge is 0.418 e. The molecule has 0 spiro atoms. The number of nitrogens with zero attached hydrogens (tertiary/aromatic N) is 4. The number of imidazole rings is 1. The van der Waals surface area contributed by atoms with Crippen molar-refractivity contribution < 1.29 is 22.8 Å². The van der Waals surface area contributed by atoms with Crippen LogP contribution in [0.3, 0.4) is 0 Å². The molecule has 47 heavy (non-hydrogen) atoms. The molecular weight excluding hydrogens is 679 g/mol. The zero-order valence-corrected chi connectivity index (χ0v) is 27.8. The van der Waals surface area contributed by atoms with Crippen LogP contribution in [0.25, 0.3) is 11.0 Å². The number of nitrogens with two attached hydrogens (primary N) is 1. The maximum absolute atomic E-state index is 14.0. The number of H-pyrrole nitrogens is 1. The second-order valence-electron chi connectivity index (χ2n) is 12.9. The molecule has 3 aliphatic heterocycles. The Bertz CT molecular complexity index is 1650. The number of carbonyl (C=O) groups is 2. The second kappa shape index (κ2) is 14.0. The molecule has 3 saturated heterocycles. The van der Waals surface area contributed by atoms with Crippen molar-refractivity contribution in [3.8, 4) is 0 Å². The molecule has 6 rings (SSSR count). The van der Waals surface area contributed by atoms with Crippen LogP contribution in [-0.4, -0.2) is 94.5 Å². The zero-order valence-electron chi connectivity index (χ0n) is 26.2. The molecule has 14 heteroatoms. The van der Waals surface area contributed by atoms with Crippen molar-refractivity contribution >= 4 is 44.5 Å². The highest BCUT2D eigenvalue weighted by molar-refractivity contribution is 9.10. The Hall–Kier alpha value is -3.36. The summed E-state index contributed by atoms with van der Waals surface area (Å²) >= 11 is 3.16. The van der Waals surface area contributed by atoms with Gasteiger partial charge in [-0.2, -0.15) is 13.2 Å². The molecule has 0 aliphatic carbocycles. The van der Waals surface area contributed by atoms with Crippen molar-refractivity contribution in [1.29, 1.82) is 0 Å². The number of amides is 2. The van der Waals surface area contributed by atoms with Crippen LogP contribution in [0, 0.1) is 5.92 Å². The summed E-state index contributed by atoms with van der Waals surface area (Å²) in [5.41, 5.74) is 6.06. The van der Waals surface area contributed by atoms with Crippen LogP contribution in [0.1, 0.15) is 49.3 Å². The van der Waals surface area contributed by atoms with E-state index >= 15 is 0 Å². The highest BCUT2D eigenvalue weighted by Crippen LogP contribution is 2.39. The molecule has 10 nitrogen and oxygen atoms in total. The summed E-state index contributed by atoms with van der Waals surface area (Å²) in [6.45, 7) is 5.73. The minimum Gasteiger partial charge on any atom is -0.397 e. The van der Waals surface area contributed by atoms with Crippen molar-refractivity contribution in [3.05, 3.63) is 62.5 Å². The minimum absolute atomic E-state index is 0.0224. The smallest absolute Gasteiger partial charge is 0.397 e. The van der Waals surface area contributed by atoms with Gasteiger partial charge in [0.1, 0.15) is 0 Å². The number of alkyl halides is 3. The van der Waals surface area contributed by atoms with Crippen molar-refractivity contribution in [3.63, 3.8) is 0 Å². The van der Waals surface area contributed by atoms with Gasteiger partial charge in [-0.05, 0) is 77.9 Å². The van der Waals surface area contributed by atoms with Gasteiger partial charge in [-0.15, -0.1) is 0 Å². The Morgan fingerprint density at radius 1 is 0.936 bits per heavy atom. The lowest BCUT2D eigenvalue weighted by Gasteiger charge is -2.41. The summed E-state index contributed by atoms with van der Waals surface area (Å²) in [7, 11) is 0. The molecule has 0 saturated carbocycles. The maximum Gasteiger partial charge on any atom is 0.418 e. The van der Waals surface area contributed by atoms with Crippen LogP contribution in [0.5, 0.6) is 0 Å². The molecule has 0 unspecified atom stereocenters. The molecule has 4 N–H and O–H groups in total. The lowest BCUT2D eigenvalue weighted by Crippen LogP contribution is -2.53. The highest BCUT2D eigenvalue weighted by atomic mass is 79.9. The number of para-hydroxylation sites is 2. The molecule has 3 fully saturated rings.